The van der Waals surface area contributed by atoms with Gasteiger partial charge in [0.1, 0.15) is 6.04 Å². The molecule has 140 valence electrons. The highest BCUT2D eigenvalue weighted by Gasteiger charge is 2.49. The van der Waals surface area contributed by atoms with E-state index >= 15 is 0 Å². The Hall–Kier alpha value is -2.62. The molecule has 2 fully saturated rings. The summed E-state index contributed by atoms with van der Waals surface area (Å²) in [6, 6.07) is 19.6. The number of hydrogen-bond donors (Lipinski definition) is 1. The first kappa shape index (κ1) is 17.8. The van der Waals surface area contributed by atoms with Crippen molar-refractivity contribution in [3.8, 4) is 0 Å². The van der Waals surface area contributed by atoms with Crippen LogP contribution in [0, 0.1) is 11.8 Å². The van der Waals surface area contributed by atoms with E-state index in [0.29, 0.717) is 6.54 Å². The quantitative estimate of drug-likeness (QED) is 0.905. The molecule has 2 aromatic rings. The molecule has 2 aliphatic rings. The van der Waals surface area contributed by atoms with Crippen molar-refractivity contribution in [1.82, 2.24) is 10.2 Å². The van der Waals surface area contributed by atoms with E-state index in [2.05, 4.69) is 17.4 Å². The van der Waals surface area contributed by atoms with Crippen LogP contribution in [0.15, 0.2) is 60.7 Å². The molecule has 0 spiro atoms. The number of nitrogens with one attached hydrogen (secondary N) is 1. The number of benzene rings is 2. The monoisotopic (exact) mass is 362 g/mol. The van der Waals surface area contributed by atoms with Gasteiger partial charge in [-0.3, -0.25) is 9.59 Å². The van der Waals surface area contributed by atoms with Crippen molar-refractivity contribution in [2.24, 2.45) is 11.8 Å². The van der Waals surface area contributed by atoms with Gasteiger partial charge >= 0.3 is 0 Å². The number of piperazine rings is 1. The molecule has 4 rings (SSSR count). The maximum atomic E-state index is 13.3. The molecule has 1 heterocycles. The van der Waals surface area contributed by atoms with Crippen molar-refractivity contribution < 1.29 is 9.59 Å². The largest absolute Gasteiger partial charge is 0.346 e. The fourth-order valence-electron chi connectivity index (χ4n) is 4.27. The van der Waals surface area contributed by atoms with E-state index in [1.54, 1.807) is 0 Å². The summed E-state index contributed by atoms with van der Waals surface area (Å²) in [5.41, 5.74) is 2.26. The van der Waals surface area contributed by atoms with Gasteiger partial charge in [-0.2, -0.15) is 0 Å². The lowest BCUT2D eigenvalue weighted by molar-refractivity contribution is -0.147. The molecule has 2 amide bonds. The van der Waals surface area contributed by atoms with Crippen molar-refractivity contribution >= 4 is 11.8 Å². The molecule has 0 bridgehead atoms. The molecule has 1 saturated heterocycles. The summed E-state index contributed by atoms with van der Waals surface area (Å²) >= 11 is 0. The Morgan fingerprint density at radius 2 is 1.59 bits per heavy atom. The summed E-state index contributed by atoms with van der Waals surface area (Å²) in [7, 11) is 0. The van der Waals surface area contributed by atoms with Gasteiger partial charge in [0, 0.05) is 12.5 Å². The molecule has 1 saturated carbocycles. The fourth-order valence-corrected chi connectivity index (χ4v) is 4.27. The number of carbonyl (C=O) groups excluding carboxylic acids is 2. The van der Waals surface area contributed by atoms with E-state index in [1.165, 1.54) is 5.56 Å². The third-order valence-electron chi connectivity index (χ3n) is 5.75. The van der Waals surface area contributed by atoms with Crippen LogP contribution in [0.3, 0.4) is 0 Å². The van der Waals surface area contributed by atoms with Crippen LogP contribution in [0.5, 0.6) is 0 Å². The minimum absolute atomic E-state index is 0.00373. The smallest absolute Gasteiger partial charge is 0.243 e. The summed E-state index contributed by atoms with van der Waals surface area (Å²) in [4.78, 5) is 28.0. The first-order valence-electron chi connectivity index (χ1n) is 9.77. The number of amides is 2. The molecule has 4 heteroatoms. The molecule has 0 aromatic heterocycles. The van der Waals surface area contributed by atoms with E-state index in [0.717, 1.165) is 12.0 Å². The van der Waals surface area contributed by atoms with Crippen LogP contribution in [0.25, 0.3) is 0 Å². The molecule has 0 unspecified atom stereocenters. The number of hydrogen-bond acceptors (Lipinski definition) is 2. The van der Waals surface area contributed by atoms with Gasteiger partial charge in [0.25, 0.3) is 0 Å². The third kappa shape index (κ3) is 3.48. The molecule has 1 aliphatic carbocycles. The number of rotatable bonds is 4. The summed E-state index contributed by atoms with van der Waals surface area (Å²) in [6.45, 7) is 4.55. The zero-order chi connectivity index (χ0) is 19.0. The Labute approximate surface area is 160 Å². The average molecular weight is 362 g/mol. The van der Waals surface area contributed by atoms with Crippen molar-refractivity contribution in [2.75, 3.05) is 6.54 Å². The van der Waals surface area contributed by atoms with Gasteiger partial charge in [0.2, 0.25) is 11.8 Å². The van der Waals surface area contributed by atoms with E-state index < -0.39 is 6.04 Å². The predicted octanol–water partition coefficient (Wildman–Crippen LogP) is 3.51. The molecule has 0 radical (unpaired) electrons. The molecule has 2 aromatic carbocycles. The van der Waals surface area contributed by atoms with Gasteiger partial charge in [-0.1, -0.05) is 74.5 Å². The van der Waals surface area contributed by atoms with Gasteiger partial charge in [0.05, 0.1) is 6.04 Å². The van der Waals surface area contributed by atoms with Crippen LogP contribution < -0.4 is 5.32 Å². The van der Waals surface area contributed by atoms with E-state index in [1.807, 2.05) is 67.3 Å². The van der Waals surface area contributed by atoms with Crippen LogP contribution >= 0.6 is 0 Å². The molecule has 4 atom stereocenters. The van der Waals surface area contributed by atoms with E-state index in [-0.39, 0.29) is 35.6 Å². The summed E-state index contributed by atoms with van der Waals surface area (Å²) in [5, 5.41) is 3.12. The SMILES string of the molecule is CC(C)[C@H]1C(=O)N[C@@H](c2ccccc2)CN1C(=O)[C@@H]1C[C@H]1c1ccccc1. The van der Waals surface area contributed by atoms with Crippen LogP contribution in [-0.2, 0) is 9.59 Å². The zero-order valence-corrected chi connectivity index (χ0v) is 15.8. The molecular formula is C23H26N2O2. The third-order valence-corrected chi connectivity index (χ3v) is 5.75. The second-order valence-electron chi connectivity index (χ2n) is 8.01. The normalized spacial score (nSPS) is 27.4. The molecule has 4 nitrogen and oxygen atoms in total. The molecule has 1 aliphatic heterocycles. The lowest BCUT2D eigenvalue weighted by atomic mass is 9.94. The maximum Gasteiger partial charge on any atom is 0.243 e. The lowest BCUT2D eigenvalue weighted by Crippen LogP contribution is -2.60. The van der Waals surface area contributed by atoms with Crippen molar-refractivity contribution in [1.29, 1.82) is 0 Å². The topological polar surface area (TPSA) is 49.4 Å². The van der Waals surface area contributed by atoms with Crippen LogP contribution in [0.2, 0.25) is 0 Å². The van der Waals surface area contributed by atoms with Gasteiger partial charge in [0.15, 0.2) is 0 Å². The van der Waals surface area contributed by atoms with Crippen molar-refractivity contribution in [3.63, 3.8) is 0 Å². The van der Waals surface area contributed by atoms with E-state index in [4.69, 9.17) is 0 Å². The second kappa shape index (κ2) is 7.18. The molecule has 27 heavy (non-hydrogen) atoms. The van der Waals surface area contributed by atoms with Crippen LogP contribution in [-0.4, -0.2) is 29.3 Å². The Balaban J connectivity index is 1.56. The first-order valence-corrected chi connectivity index (χ1v) is 9.77. The Morgan fingerprint density at radius 3 is 2.19 bits per heavy atom. The standard InChI is InChI=1S/C23H26N2O2/c1-15(2)21-22(26)24-20(17-11-7-4-8-12-17)14-25(21)23(27)19-13-18(19)16-9-5-3-6-10-16/h3-12,15,18-21H,13-14H2,1-2H3,(H,24,26)/t18-,19+,20+,21-/m0/s1. The predicted molar refractivity (Wildman–Crippen MR) is 105 cm³/mol. The highest BCUT2D eigenvalue weighted by Crippen LogP contribution is 2.49. The number of nitrogens with zero attached hydrogens (tertiary/aromatic N) is 1. The molecular weight excluding hydrogens is 336 g/mol. The molecule has 1 N–H and O–H groups in total. The van der Waals surface area contributed by atoms with Gasteiger partial charge in [-0.25, -0.2) is 0 Å². The highest BCUT2D eigenvalue weighted by atomic mass is 16.2. The summed E-state index contributed by atoms with van der Waals surface area (Å²) < 4.78 is 0. The Morgan fingerprint density at radius 1 is 1.00 bits per heavy atom. The van der Waals surface area contributed by atoms with Crippen LogP contribution in [0.4, 0.5) is 0 Å². The number of carbonyl (C=O) groups is 2. The van der Waals surface area contributed by atoms with Gasteiger partial charge in [-0.05, 0) is 29.4 Å². The zero-order valence-electron chi connectivity index (χ0n) is 15.8. The lowest BCUT2D eigenvalue weighted by Gasteiger charge is -2.41. The minimum atomic E-state index is -0.394. The Kier molecular flexibility index (Phi) is 4.73. The van der Waals surface area contributed by atoms with Crippen molar-refractivity contribution in [3.05, 3.63) is 71.8 Å². The van der Waals surface area contributed by atoms with E-state index in [9.17, 15) is 9.59 Å². The fraction of sp³-hybridized carbons (Fsp3) is 0.391. The maximum absolute atomic E-state index is 13.3. The average Bonchev–Trinajstić information content (AvgIpc) is 3.48. The van der Waals surface area contributed by atoms with Crippen molar-refractivity contribution in [2.45, 2.75) is 38.3 Å². The van der Waals surface area contributed by atoms with Gasteiger partial charge < -0.3 is 10.2 Å². The second-order valence-corrected chi connectivity index (χ2v) is 8.01. The van der Waals surface area contributed by atoms with Crippen LogP contribution in [0.1, 0.15) is 43.4 Å². The van der Waals surface area contributed by atoms with Gasteiger partial charge in [-0.15, -0.1) is 0 Å². The minimum Gasteiger partial charge on any atom is -0.346 e. The summed E-state index contributed by atoms with van der Waals surface area (Å²) in [5.74, 6) is 0.441. The first-order chi connectivity index (χ1) is 13.1. The Bertz CT molecular complexity index is 819. The summed E-state index contributed by atoms with van der Waals surface area (Å²) in [6.07, 6.45) is 0.877. The highest BCUT2D eigenvalue weighted by molar-refractivity contribution is 5.91.